The molecule has 2 aromatic rings. The Labute approximate surface area is 111 Å². The fourth-order valence-electron chi connectivity index (χ4n) is 1.77. The molecule has 0 unspecified atom stereocenters. The number of aromatic carboxylic acids is 1. The average molecular weight is 256 g/mol. The zero-order valence-electron chi connectivity index (χ0n) is 11.0. The van der Waals surface area contributed by atoms with Crippen molar-refractivity contribution in [1.82, 2.24) is 4.98 Å². The number of fused-ring (bicyclic) bond motifs is 1. The van der Waals surface area contributed by atoms with Crippen LogP contribution in [0.1, 0.15) is 24.2 Å². The van der Waals surface area contributed by atoms with Gasteiger partial charge < -0.3 is 10.4 Å². The predicted octanol–water partition coefficient (Wildman–Crippen LogP) is 3.31. The largest absolute Gasteiger partial charge is 0.478 e. The van der Waals surface area contributed by atoms with Gasteiger partial charge in [0.1, 0.15) is 11.4 Å². The topological polar surface area (TPSA) is 62.2 Å². The third-order valence-electron chi connectivity index (χ3n) is 2.73. The summed E-state index contributed by atoms with van der Waals surface area (Å²) in [6.07, 6.45) is 1.99. The molecule has 0 amide bonds. The van der Waals surface area contributed by atoms with E-state index in [2.05, 4.69) is 10.3 Å². The molecule has 1 heterocycles. The zero-order valence-corrected chi connectivity index (χ0v) is 11.0. The van der Waals surface area contributed by atoms with Crippen LogP contribution in [0, 0.1) is 0 Å². The Morgan fingerprint density at radius 3 is 2.79 bits per heavy atom. The van der Waals surface area contributed by atoms with Gasteiger partial charge in [-0.3, -0.25) is 0 Å². The Morgan fingerprint density at radius 2 is 2.11 bits per heavy atom. The lowest BCUT2D eigenvalue weighted by molar-refractivity contribution is 0.0698. The Bertz CT molecular complexity index is 644. The van der Waals surface area contributed by atoms with Gasteiger partial charge in [-0.1, -0.05) is 29.8 Å². The molecule has 0 atom stereocenters. The van der Waals surface area contributed by atoms with Crippen molar-refractivity contribution in [3.63, 3.8) is 0 Å². The molecule has 0 aliphatic carbocycles. The standard InChI is InChI=1S/C15H16N2O2/c1-10(2)7-8-16-14-12(15(18)19)9-11-5-3-4-6-13(11)17-14/h3-7,9H,8H2,1-2H3,(H,16,17)(H,18,19). The van der Waals surface area contributed by atoms with Crippen molar-refractivity contribution in [2.45, 2.75) is 13.8 Å². The molecule has 2 N–H and O–H groups in total. The molecule has 98 valence electrons. The number of aromatic nitrogens is 1. The number of nitrogens with zero attached hydrogens (tertiary/aromatic N) is 1. The summed E-state index contributed by atoms with van der Waals surface area (Å²) in [5, 5.41) is 13.1. The summed E-state index contributed by atoms with van der Waals surface area (Å²) >= 11 is 0. The summed E-state index contributed by atoms with van der Waals surface area (Å²) in [7, 11) is 0. The van der Waals surface area contributed by atoms with E-state index in [0.29, 0.717) is 12.4 Å². The van der Waals surface area contributed by atoms with E-state index in [0.717, 1.165) is 10.9 Å². The fraction of sp³-hybridized carbons (Fsp3) is 0.200. The first-order valence-electron chi connectivity index (χ1n) is 6.08. The first kappa shape index (κ1) is 13.1. The highest BCUT2D eigenvalue weighted by Crippen LogP contribution is 2.20. The summed E-state index contributed by atoms with van der Waals surface area (Å²) in [6, 6.07) is 9.12. The third-order valence-corrected chi connectivity index (χ3v) is 2.73. The van der Waals surface area contributed by atoms with E-state index in [1.54, 1.807) is 6.07 Å². The van der Waals surface area contributed by atoms with Crippen molar-refractivity contribution < 1.29 is 9.90 Å². The Balaban J connectivity index is 2.42. The summed E-state index contributed by atoms with van der Waals surface area (Å²) in [4.78, 5) is 15.6. The summed E-state index contributed by atoms with van der Waals surface area (Å²) in [5.41, 5.74) is 2.15. The van der Waals surface area contributed by atoms with Gasteiger partial charge in [-0.25, -0.2) is 9.78 Å². The Kier molecular flexibility index (Phi) is 3.80. The number of pyridine rings is 1. The second kappa shape index (κ2) is 5.52. The Hall–Kier alpha value is -2.36. The van der Waals surface area contributed by atoms with Crippen molar-refractivity contribution >= 4 is 22.7 Å². The lowest BCUT2D eigenvalue weighted by Crippen LogP contribution is -2.08. The molecule has 2 rings (SSSR count). The van der Waals surface area contributed by atoms with Crippen molar-refractivity contribution in [3.05, 3.63) is 47.5 Å². The maximum Gasteiger partial charge on any atom is 0.339 e. The second-order valence-corrected chi connectivity index (χ2v) is 4.54. The van der Waals surface area contributed by atoms with E-state index in [9.17, 15) is 9.90 Å². The maximum absolute atomic E-state index is 11.3. The molecule has 1 aromatic heterocycles. The maximum atomic E-state index is 11.3. The van der Waals surface area contributed by atoms with Crippen LogP contribution in [0.4, 0.5) is 5.82 Å². The van der Waals surface area contributed by atoms with Gasteiger partial charge in [-0.15, -0.1) is 0 Å². The van der Waals surface area contributed by atoms with Gasteiger partial charge in [-0.2, -0.15) is 0 Å². The monoisotopic (exact) mass is 256 g/mol. The normalized spacial score (nSPS) is 10.2. The quantitative estimate of drug-likeness (QED) is 0.824. The lowest BCUT2D eigenvalue weighted by atomic mass is 10.1. The van der Waals surface area contributed by atoms with Crippen LogP contribution in [-0.4, -0.2) is 22.6 Å². The van der Waals surface area contributed by atoms with Crippen LogP contribution in [0.2, 0.25) is 0 Å². The van der Waals surface area contributed by atoms with E-state index in [-0.39, 0.29) is 5.56 Å². The van der Waals surface area contributed by atoms with Crippen molar-refractivity contribution in [2.75, 3.05) is 11.9 Å². The van der Waals surface area contributed by atoms with Crippen molar-refractivity contribution in [3.8, 4) is 0 Å². The summed E-state index contributed by atoms with van der Waals surface area (Å²) in [5.74, 6) is -0.568. The first-order chi connectivity index (χ1) is 9.08. The molecule has 4 nitrogen and oxygen atoms in total. The van der Waals surface area contributed by atoms with Crippen LogP contribution >= 0.6 is 0 Å². The van der Waals surface area contributed by atoms with Crippen LogP contribution in [0.25, 0.3) is 10.9 Å². The lowest BCUT2D eigenvalue weighted by Gasteiger charge is -2.08. The predicted molar refractivity (Wildman–Crippen MR) is 76.6 cm³/mol. The minimum Gasteiger partial charge on any atom is -0.478 e. The van der Waals surface area contributed by atoms with Gasteiger partial charge in [0.2, 0.25) is 0 Å². The van der Waals surface area contributed by atoms with Gasteiger partial charge in [0.05, 0.1) is 5.52 Å². The highest BCUT2D eigenvalue weighted by molar-refractivity contribution is 5.98. The Morgan fingerprint density at radius 1 is 1.37 bits per heavy atom. The number of anilines is 1. The van der Waals surface area contributed by atoms with Crippen molar-refractivity contribution in [2.24, 2.45) is 0 Å². The van der Waals surface area contributed by atoms with Crippen LogP contribution in [0.3, 0.4) is 0 Å². The fourth-order valence-corrected chi connectivity index (χ4v) is 1.77. The van der Waals surface area contributed by atoms with E-state index >= 15 is 0 Å². The highest BCUT2D eigenvalue weighted by atomic mass is 16.4. The number of hydrogen-bond donors (Lipinski definition) is 2. The number of benzene rings is 1. The smallest absolute Gasteiger partial charge is 0.339 e. The molecular formula is C15H16N2O2. The molecule has 0 fully saturated rings. The minimum absolute atomic E-state index is 0.195. The molecule has 19 heavy (non-hydrogen) atoms. The molecule has 1 aromatic carbocycles. The average Bonchev–Trinajstić information content (AvgIpc) is 2.37. The van der Waals surface area contributed by atoms with Crippen LogP contribution < -0.4 is 5.32 Å². The van der Waals surface area contributed by atoms with E-state index in [1.807, 2.05) is 44.2 Å². The molecule has 0 spiro atoms. The van der Waals surface area contributed by atoms with Gasteiger partial charge in [0.15, 0.2) is 0 Å². The second-order valence-electron chi connectivity index (χ2n) is 4.54. The minimum atomic E-state index is -0.974. The van der Waals surface area contributed by atoms with Crippen molar-refractivity contribution in [1.29, 1.82) is 0 Å². The van der Waals surface area contributed by atoms with E-state index in [4.69, 9.17) is 0 Å². The molecule has 0 saturated carbocycles. The number of rotatable bonds is 4. The number of carbonyl (C=O) groups is 1. The van der Waals surface area contributed by atoms with Crippen LogP contribution in [0.15, 0.2) is 42.0 Å². The molecule has 0 aliphatic heterocycles. The highest BCUT2D eigenvalue weighted by Gasteiger charge is 2.12. The summed E-state index contributed by atoms with van der Waals surface area (Å²) < 4.78 is 0. The number of nitrogens with one attached hydrogen (secondary N) is 1. The first-order valence-corrected chi connectivity index (χ1v) is 6.08. The number of allylic oxidation sites excluding steroid dienone is 1. The van der Waals surface area contributed by atoms with E-state index in [1.165, 1.54) is 5.57 Å². The molecule has 0 saturated heterocycles. The molecule has 4 heteroatoms. The van der Waals surface area contributed by atoms with Gasteiger partial charge in [0, 0.05) is 11.9 Å². The number of hydrogen-bond acceptors (Lipinski definition) is 3. The van der Waals surface area contributed by atoms with Gasteiger partial charge in [0.25, 0.3) is 0 Å². The molecular weight excluding hydrogens is 240 g/mol. The van der Waals surface area contributed by atoms with Gasteiger partial charge >= 0.3 is 5.97 Å². The zero-order chi connectivity index (χ0) is 13.8. The number of para-hydroxylation sites is 1. The number of carboxylic acid groups (broad SMARTS) is 1. The SMILES string of the molecule is CC(C)=CCNc1nc2ccccc2cc1C(=O)O. The van der Waals surface area contributed by atoms with Crippen LogP contribution in [0.5, 0.6) is 0 Å². The molecule has 0 bridgehead atoms. The molecule has 0 radical (unpaired) electrons. The van der Waals surface area contributed by atoms with Gasteiger partial charge in [-0.05, 0) is 26.0 Å². The number of carboxylic acids is 1. The van der Waals surface area contributed by atoms with Crippen LogP contribution in [-0.2, 0) is 0 Å². The molecule has 0 aliphatic rings. The summed E-state index contributed by atoms with van der Waals surface area (Å²) in [6.45, 7) is 4.55. The third kappa shape index (κ3) is 3.10. The van der Waals surface area contributed by atoms with E-state index < -0.39 is 5.97 Å².